The smallest absolute Gasteiger partial charge is 0.193 e. The highest BCUT2D eigenvalue weighted by Gasteiger charge is 2.07. The highest BCUT2D eigenvalue weighted by molar-refractivity contribution is 7.98. The van der Waals surface area contributed by atoms with Gasteiger partial charge in [-0.1, -0.05) is 11.8 Å². The predicted octanol–water partition coefficient (Wildman–Crippen LogP) is 3.96. The average molecular weight is 330 g/mol. The van der Waals surface area contributed by atoms with E-state index in [1.807, 2.05) is 41.1 Å². The topological polar surface area (TPSA) is 55.2 Å². The summed E-state index contributed by atoms with van der Waals surface area (Å²) in [6.45, 7) is 2.65. The number of hydrogen-bond acceptors (Lipinski definition) is 5. The maximum Gasteiger partial charge on any atom is 0.193 e. The van der Waals surface area contributed by atoms with Crippen LogP contribution in [0.4, 0.5) is 0 Å². The zero-order chi connectivity index (χ0) is 14.9. The van der Waals surface area contributed by atoms with Crippen molar-refractivity contribution in [1.29, 1.82) is 0 Å². The predicted molar refractivity (Wildman–Crippen MR) is 89.9 cm³/mol. The Hall–Kier alpha value is -1.99. The first-order valence-electron chi connectivity index (χ1n) is 6.98. The molecule has 0 saturated heterocycles. The number of thioether (sulfide) groups is 1. The van der Waals surface area contributed by atoms with Crippen molar-refractivity contribution in [1.82, 2.24) is 19.4 Å². The standard InChI is InChI=1S/C15H14N4OS2/c1-2-20-11-3-4-12-13(7-11)18-14(17-12)22-9-10-8-19-5-6-21-15(19)16-10/h3-8H,2,9H2,1H3,(H,17,18). The van der Waals surface area contributed by atoms with E-state index in [0.29, 0.717) is 6.61 Å². The van der Waals surface area contributed by atoms with E-state index in [4.69, 9.17) is 4.74 Å². The molecule has 0 radical (unpaired) electrons. The van der Waals surface area contributed by atoms with Gasteiger partial charge in [-0.3, -0.25) is 4.40 Å². The first-order chi connectivity index (χ1) is 10.8. The maximum atomic E-state index is 5.51. The number of ether oxygens (including phenoxy) is 1. The number of rotatable bonds is 5. The third-order valence-corrected chi connectivity index (χ3v) is 4.92. The van der Waals surface area contributed by atoms with E-state index in [1.165, 1.54) is 0 Å². The number of thiazole rings is 1. The van der Waals surface area contributed by atoms with Crippen LogP contribution in [0.1, 0.15) is 12.6 Å². The van der Waals surface area contributed by atoms with E-state index in [9.17, 15) is 0 Å². The largest absolute Gasteiger partial charge is 0.494 e. The molecule has 3 heterocycles. The quantitative estimate of drug-likeness (QED) is 0.563. The van der Waals surface area contributed by atoms with Crippen molar-refractivity contribution in [3.8, 4) is 5.75 Å². The van der Waals surface area contributed by atoms with Crippen molar-refractivity contribution < 1.29 is 4.74 Å². The van der Waals surface area contributed by atoms with Crippen LogP contribution >= 0.6 is 23.1 Å². The fourth-order valence-electron chi connectivity index (χ4n) is 2.28. The van der Waals surface area contributed by atoms with Gasteiger partial charge in [-0.15, -0.1) is 11.3 Å². The van der Waals surface area contributed by atoms with E-state index >= 15 is 0 Å². The number of nitrogens with zero attached hydrogens (tertiary/aromatic N) is 3. The summed E-state index contributed by atoms with van der Waals surface area (Å²) < 4.78 is 7.56. The maximum absolute atomic E-state index is 5.51. The molecular formula is C15H14N4OS2. The Morgan fingerprint density at radius 3 is 3.18 bits per heavy atom. The van der Waals surface area contributed by atoms with E-state index in [0.717, 1.165) is 38.3 Å². The lowest BCUT2D eigenvalue weighted by atomic mass is 10.3. The van der Waals surface area contributed by atoms with Crippen LogP contribution in [0.2, 0.25) is 0 Å². The molecule has 4 rings (SSSR count). The zero-order valence-electron chi connectivity index (χ0n) is 11.9. The fraction of sp³-hybridized carbons (Fsp3) is 0.200. The molecule has 0 spiro atoms. The Bertz CT molecular complexity index is 895. The van der Waals surface area contributed by atoms with E-state index in [1.54, 1.807) is 23.1 Å². The monoisotopic (exact) mass is 330 g/mol. The Kier molecular flexibility index (Phi) is 3.51. The molecule has 0 saturated carbocycles. The van der Waals surface area contributed by atoms with Crippen LogP contribution in [0.15, 0.2) is 41.1 Å². The third kappa shape index (κ3) is 2.57. The van der Waals surface area contributed by atoms with E-state index in [-0.39, 0.29) is 0 Å². The van der Waals surface area contributed by atoms with Crippen LogP contribution in [0, 0.1) is 0 Å². The number of fused-ring (bicyclic) bond motifs is 2. The van der Waals surface area contributed by atoms with Crippen LogP contribution < -0.4 is 4.74 Å². The lowest BCUT2D eigenvalue weighted by molar-refractivity contribution is 0.340. The second-order valence-electron chi connectivity index (χ2n) is 4.77. The normalized spacial score (nSPS) is 11.5. The number of benzene rings is 1. The van der Waals surface area contributed by atoms with Gasteiger partial charge in [0, 0.05) is 29.6 Å². The Morgan fingerprint density at radius 1 is 1.36 bits per heavy atom. The minimum absolute atomic E-state index is 0.665. The van der Waals surface area contributed by atoms with Crippen LogP contribution in [0.25, 0.3) is 16.0 Å². The summed E-state index contributed by atoms with van der Waals surface area (Å²) in [4.78, 5) is 13.5. The zero-order valence-corrected chi connectivity index (χ0v) is 13.6. The SMILES string of the molecule is CCOc1ccc2nc(SCc3cn4ccsc4n3)[nH]c2c1. The molecule has 0 unspecified atom stereocenters. The van der Waals surface area contributed by atoms with Crippen LogP contribution in [0.5, 0.6) is 5.75 Å². The summed E-state index contributed by atoms with van der Waals surface area (Å²) in [5, 5.41) is 2.94. The van der Waals surface area contributed by atoms with Crippen molar-refractivity contribution >= 4 is 39.1 Å². The Morgan fingerprint density at radius 2 is 2.32 bits per heavy atom. The molecule has 0 aliphatic carbocycles. The first-order valence-corrected chi connectivity index (χ1v) is 8.85. The molecule has 22 heavy (non-hydrogen) atoms. The summed E-state index contributed by atoms with van der Waals surface area (Å²) >= 11 is 3.30. The number of hydrogen-bond donors (Lipinski definition) is 1. The van der Waals surface area contributed by atoms with Crippen LogP contribution in [-0.4, -0.2) is 26.0 Å². The van der Waals surface area contributed by atoms with Gasteiger partial charge < -0.3 is 9.72 Å². The molecule has 1 aromatic carbocycles. The number of imidazole rings is 2. The summed E-state index contributed by atoms with van der Waals surface area (Å²) in [7, 11) is 0. The molecule has 7 heteroatoms. The highest BCUT2D eigenvalue weighted by atomic mass is 32.2. The first kappa shape index (κ1) is 13.7. The molecule has 0 aliphatic rings. The van der Waals surface area contributed by atoms with Crippen molar-refractivity contribution in [2.45, 2.75) is 17.8 Å². The summed E-state index contributed by atoms with van der Waals surface area (Å²) in [5.41, 5.74) is 3.02. The molecule has 4 aromatic rings. The minimum atomic E-state index is 0.665. The van der Waals surface area contributed by atoms with Crippen molar-refractivity contribution in [3.05, 3.63) is 41.7 Å². The van der Waals surface area contributed by atoms with Crippen molar-refractivity contribution in [2.75, 3.05) is 6.61 Å². The van der Waals surface area contributed by atoms with Gasteiger partial charge in [-0.05, 0) is 19.1 Å². The van der Waals surface area contributed by atoms with E-state index < -0.39 is 0 Å². The molecule has 5 nitrogen and oxygen atoms in total. The number of aromatic nitrogens is 4. The van der Waals surface area contributed by atoms with Crippen molar-refractivity contribution in [3.63, 3.8) is 0 Å². The second-order valence-corrected chi connectivity index (χ2v) is 6.60. The number of aromatic amines is 1. The molecule has 0 atom stereocenters. The van der Waals surface area contributed by atoms with Gasteiger partial charge in [0.25, 0.3) is 0 Å². The highest BCUT2D eigenvalue weighted by Crippen LogP contribution is 2.25. The number of nitrogens with one attached hydrogen (secondary N) is 1. The molecule has 0 fully saturated rings. The third-order valence-electron chi connectivity index (χ3n) is 3.24. The van der Waals surface area contributed by atoms with Gasteiger partial charge in [0.15, 0.2) is 10.1 Å². The lowest BCUT2D eigenvalue weighted by Gasteiger charge is -2.00. The van der Waals surface area contributed by atoms with E-state index in [2.05, 4.69) is 21.1 Å². The van der Waals surface area contributed by atoms with Gasteiger partial charge >= 0.3 is 0 Å². The number of H-pyrrole nitrogens is 1. The van der Waals surface area contributed by atoms with Gasteiger partial charge in [-0.2, -0.15) is 0 Å². The fourth-order valence-corrected chi connectivity index (χ4v) is 3.77. The van der Waals surface area contributed by atoms with Gasteiger partial charge in [0.05, 0.1) is 23.3 Å². The molecule has 0 amide bonds. The summed E-state index contributed by atoms with van der Waals surface area (Å²) in [6, 6.07) is 5.92. The summed E-state index contributed by atoms with van der Waals surface area (Å²) in [6.07, 6.45) is 4.09. The van der Waals surface area contributed by atoms with Gasteiger partial charge in [0.2, 0.25) is 0 Å². The van der Waals surface area contributed by atoms with Crippen molar-refractivity contribution in [2.24, 2.45) is 0 Å². The van der Waals surface area contributed by atoms with Gasteiger partial charge in [-0.25, -0.2) is 9.97 Å². The molecule has 0 aliphatic heterocycles. The molecule has 0 bridgehead atoms. The Balaban J connectivity index is 1.52. The minimum Gasteiger partial charge on any atom is -0.494 e. The second kappa shape index (κ2) is 5.66. The van der Waals surface area contributed by atoms with Crippen LogP contribution in [0.3, 0.4) is 0 Å². The molecule has 112 valence electrons. The molecule has 3 aromatic heterocycles. The Labute approximate surface area is 135 Å². The molecular weight excluding hydrogens is 316 g/mol. The molecule has 1 N–H and O–H groups in total. The average Bonchev–Trinajstić information content (AvgIpc) is 3.18. The summed E-state index contributed by atoms with van der Waals surface area (Å²) in [5.74, 6) is 1.66. The van der Waals surface area contributed by atoms with Crippen LogP contribution in [-0.2, 0) is 5.75 Å². The van der Waals surface area contributed by atoms with Gasteiger partial charge in [0.1, 0.15) is 5.75 Å². The lowest BCUT2D eigenvalue weighted by Crippen LogP contribution is -1.90.